The predicted molar refractivity (Wildman–Crippen MR) is 88.4 cm³/mol. The van der Waals surface area contributed by atoms with Crippen LogP contribution in [0.15, 0.2) is 24.3 Å². The van der Waals surface area contributed by atoms with Gasteiger partial charge in [-0.05, 0) is 70.1 Å². The van der Waals surface area contributed by atoms with Crippen LogP contribution in [0.1, 0.15) is 58.4 Å². The standard InChI is InChI=1S/C18H25ClO3/c1-17(2)10-13(11-18(3,4)22-17)15(9-16(20)21)12-5-7-14(19)8-6-12/h5-8,13,15H,9-11H2,1-4H3,(H,20,21)/t15-/m0/s1. The van der Waals surface area contributed by atoms with Crippen molar-refractivity contribution in [2.24, 2.45) is 5.92 Å². The van der Waals surface area contributed by atoms with Crippen LogP contribution in [0.4, 0.5) is 0 Å². The average molecular weight is 325 g/mol. The Labute approximate surface area is 137 Å². The van der Waals surface area contributed by atoms with Crippen molar-refractivity contribution in [3.63, 3.8) is 0 Å². The summed E-state index contributed by atoms with van der Waals surface area (Å²) in [6.07, 6.45) is 1.85. The van der Waals surface area contributed by atoms with E-state index in [1.54, 1.807) is 0 Å². The van der Waals surface area contributed by atoms with Crippen LogP contribution in [-0.2, 0) is 9.53 Å². The first-order valence-electron chi connectivity index (χ1n) is 7.75. The van der Waals surface area contributed by atoms with E-state index in [-0.39, 0.29) is 29.5 Å². The Balaban J connectivity index is 2.32. The van der Waals surface area contributed by atoms with E-state index in [1.807, 2.05) is 24.3 Å². The van der Waals surface area contributed by atoms with Gasteiger partial charge in [0.2, 0.25) is 0 Å². The lowest BCUT2D eigenvalue weighted by molar-refractivity contribution is -0.176. The number of ether oxygens (including phenoxy) is 1. The molecule has 0 aliphatic carbocycles. The molecule has 22 heavy (non-hydrogen) atoms. The highest BCUT2D eigenvalue weighted by Gasteiger charge is 2.42. The molecule has 1 aliphatic rings. The van der Waals surface area contributed by atoms with Crippen LogP contribution >= 0.6 is 11.6 Å². The quantitative estimate of drug-likeness (QED) is 0.858. The first kappa shape index (κ1) is 17.3. The highest BCUT2D eigenvalue weighted by atomic mass is 35.5. The molecule has 0 saturated carbocycles. The first-order valence-corrected chi connectivity index (χ1v) is 8.13. The molecular weight excluding hydrogens is 300 g/mol. The number of benzene rings is 1. The molecule has 1 N–H and O–H groups in total. The minimum Gasteiger partial charge on any atom is -0.481 e. The van der Waals surface area contributed by atoms with Crippen molar-refractivity contribution in [1.29, 1.82) is 0 Å². The molecule has 1 fully saturated rings. The smallest absolute Gasteiger partial charge is 0.303 e. The molecule has 0 spiro atoms. The van der Waals surface area contributed by atoms with Crippen molar-refractivity contribution in [3.05, 3.63) is 34.9 Å². The number of carbonyl (C=O) groups is 1. The van der Waals surface area contributed by atoms with Crippen LogP contribution in [0, 0.1) is 5.92 Å². The molecule has 1 heterocycles. The highest BCUT2D eigenvalue weighted by Crippen LogP contribution is 2.45. The van der Waals surface area contributed by atoms with Crippen molar-refractivity contribution in [3.8, 4) is 0 Å². The molecule has 122 valence electrons. The summed E-state index contributed by atoms with van der Waals surface area (Å²) in [4.78, 5) is 11.4. The number of carboxylic acid groups (broad SMARTS) is 1. The molecule has 1 atom stereocenters. The summed E-state index contributed by atoms with van der Waals surface area (Å²) in [5.74, 6) is -0.504. The minimum atomic E-state index is -0.762. The van der Waals surface area contributed by atoms with Crippen LogP contribution < -0.4 is 0 Å². The molecule has 0 bridgehead atoms. The third-order valence-electron chi connectivity index (χ3n) is 4.32. The molecule has 0 aromatic heterocycles. The molecule has 1 aromatic carbocycles. The van der Waals surface area contributed by atoms with Crippen molar-refractivity contribution >= 4 is 17.6 Å². The highest BCUT2D eigenvalue weighted by molar-refractivity contribution is 6.30. The average Bonchev–Trinajstić information content (AvgIpc) is 2.33. The Kier molecular flexibility index (Phi) is 4.88. The lowest BCUT2D eigenvalue weighted by Gasteiger charge is -2.47. The van der Waals surface area contributed by atoms with Gasteiger partial charge in [-0.2, -0.15) is 0 Å². The predicted octanol–water partition coefficient (Wildman–Crippen LogP) is 4.88. The normalized spacial score (nSPS) is 22.2. The summed E-state index contributed by atoms with van der Waals surface area (Å²) in [5.41, 5.74) is 0.566. The maximum atomic E-state index is 11.4. The zero-order valence-electron chi connectivity index (χ0n) is 13.7. The topological polar surface area (TPSA) is 46.5 Å². The molecule has 1 aromatic rings. The Morgan fingerprint density at radius 3 is 2.18 bits per heavy atom. The van der Waals surface area contributed by atoms with Gasteiger partial charge >= 0.3 is 5.97 Å². The summed E-state index contributed by atoms with van der Waals surface area (Å²) in [6, 6.07) is 7.57. The largest absolute Gasteiger partial charge is 0.481 e. The van der Waals surface area contributed by atoms with E-state index in [1.165, 1.54) is 0 Å². The van der Waals surface area contributed by atoms with Crippen molar-refractivity contribution in [2.45, 2.75) is 64.1 Å². The number of halogens is 1. The summed E-state index contributed by atoms with van der Waals surface area (Å²) in [6.45, 7) is 8.34. The first-order chi connectivity index (χ1) is 10.1. The number of rotatable bonds is 4. The number of hydrogen-bond donors (Lipinski definition) is 1. The third-order valence-corrected chi connectivity index (χ3v) is 4.57. The van der Waals surface area contributed by atoms with Gasteiger partial charge in [-0.1, -0.05) is 23.7 Å². The van der Waals surface area contributed by atoms with Gasteiger partial charge in [0.05, 0.1) is 17.6 Å². The van der Waals surface area contributed by atoms with E-state index in [0.29, 0.717) is 5.02 Å². The van der Waals surface area contributed by atoms with Gasteiger partial charge in [0, 0.05) is 5.02 Å². The Hall–Kier alpha value is -1.06. The third kappa shape index (κ3) is 4.47. The molecule has 3 nitrogen and oxygen atoms in total. The Morgan fingerprint density at radius 2 is 1.73 bits per heavy atom. The van der Waals surface area contributed by atoms with Gasteiger partial charge in [-0.15, -0.1) is 0 Å². The fourth-order valence-electron chi connectivity index (χ4n) is 3.91. The van der Waals surface area contributed by atoms with Crippen molar-refractivity contribution in [1.82, 2.24) is 0 Å². The molecule has 0 radical (unpaired) electrons. The van der Waals surface area contributed by atoms with E-state index in [4.69, 9.17) is 16.3 Å². The fraction of sp³-hybridized carbons (Fsp3) is 0.611. The van der Waals surface area contributed by atoms with Crippen LogP contribution in [0.3, 0.4) is 0 Å². The summed E-state index contributed by atoms with van der Waals surface area (Å²) >= 11 is 5.96. The van der Waals surface area contributed by atoms with E-state index < -0.39 is 5.97 Å². The minimum absolute atomic E-state index is 0.0165. The van der Waals surface area contributed by atoms with E-state index in [2.05, 4.69) is 27.7 Å². The van der Waals surface area contributed by atoms with Crippen LogP contribution in [0.25, 0.3) is 0 Å². The SMILES string of the molecule is CC1(C)CC([C@@H](CC(=O)O)c2ccc(Cl)cc2)CC(C)(C)O1. The van der Waals surface area contributed by atoms with Crippen LogP contribution in [0.5, 0.6) is 0 Å². The van der Waals surface area contributed by atoms with E-state index in [9.17, 15) is 9.90 Å². The lowest BCUT2D eigenvalue weighted by atomic mass is 9.71. The molecule has 0 amide bonds. The second-order valence-corrected chi connectivity index (χ2v) is 7.98. The van der Waals surface area contributed by atoms with Gasteiger partial charge < -0.3 is 9.84 Å². The molecule has 1 saturated heterocycles. The molecule has 0 unspecified atom stereocenters. The van der Waals surface area contributed by atoms with E-state index >= 15 is 0 Å². The van der Waals surface area contributed by atoms with Crippen molar-refractivity contribution in [2.75, 3.05) is 0 Å². The molecule has 4 heteroatoms. The second-order valence-electron chi connectivity index (χ2n) is 7.55. The second kappa shape index (κ2) is 6.21. The van der Waals surface area contributed by atoms with Crippen LogP contribution in [0.2, 0.25) is 5.02 Å². The van der Waals surface area contributed by atoms with Gasteiger partial charge in [-0.3, -0.25) is 4.79 Å². The van der Waals surface area contributed by atoms with Crippen LogP contribution in [-0.4, -0.2) is 22.3 Å². The Morgan fingerprint density at radius 1 is 1.23 bits per heavy atom. The Bertz CT molecular complexity index is 518. The number of carboxylic acids is 1. The van der Waals surface area contributed by atoms with Gasteiger partial charge in [0.15, 0.2) is 0 Å². The maximum absolute atomic E-state index is 11.4. The van der Waals surface area contributed by atoms with E-state index in [0.717, 1.165) is 18.4 Å². The molecule has 2 rings (SSSR count). The summed E-state index contributed by atoms with van der Waals surface area (Å²) in [5, 5.41) is 10.0. The maximum Gasteiger partial charge on any atom is 0.303 e. The fourth-order valence-corrected chi connectivity index (χ4v) is 4.03. The van der Waals surface area contributed by atoms with Gasteiger partial charge in [0.25, 0.3) is 0 Å². The zero-order valence-corrected chi connectivity index (χ0v) is 14.5. The van der Waals surface area contributed by atoms with Crippen molar-refractivity contribution < 1.29 is 14.6 Å². The summed E-state index contributed by atoms with van der Waals surface area (Å²) < 4.78 is 6.13. The molecule has 1 aliphatic heterocycles. The number of hydrogen-bond acceptors (Lipinski definition) is 2. The lowest BCUT2D eigenvalue weighted by Crippen LogP contribution is -2.46. The number of aliphatic carboxylic acids is 1. The monoisotopic (exact) mass is 324 g/mol. The molecular formula is C18H25ClO3. The summed E-state index contributed by atoms with van der Waals surface area (Å²) in [7, 11) is 0. The van der Waals surface area contributed by atoms with Gasteiger partial charge in [0.1, 0.15) is 0 Å². The van der Waals surface area contributed by atoms with Gasteiger partial charge in [-0.25, -0.2) is 0 Å². The zero-order chi connectivity index (χ0) is 16.5.